The first-order valence-corrected chi connectivity index (χ1v) is 9.94. The predicted octanol–water partition coefficient (Wildman–Crippen LogP) is 4.49. The fraction of sp³-hybridized carbons (Fsp3) is 0.318. The van der Waals surface area contributed by atoms with Crippen LogP contribution in [0.25, 0.3) is 0 Å². The van der Waals surface area contributed by atoms with Gasteiger partial charge in [0.2, 0.25) is 5.78 Å². The predicted molar refractivity (Wildman–Crippen MR) is 107 cm³/mol. The summed E-state index contributed by atoms with van der Waals surface area (Å²) in [5, 5.41) is 0.345. The van der Waals surface area contributed by atoms with Crippen LogP contribution in [0.4, 0.5) is 17.6 Å². The van der Waals surface area contributed by atoms with Crippen molar-refractivity contribution in [3.8, 4) is 0 Å². The molecule has 1 amide bonds. The highest BCUT2D eigenvalue weighted by Gasteiger charge is 2.51. The molecule has 170 valence electrons. The second-order valence-corrected chi connectivity index (χ2v) is 7.68. The average molecular weight is 472 g/mol. The summed E-state index contributed by atoms with van der Waals surface area (Å²) in [7, 11) is 1.44. The van der Waals surface area contributed by atoms with E-state index >= 15 is 0 Å². The molecule has 2 aromatic rings. The molecule has 0 radical (unpaired) electrons. The van der Waals surface area contributed by atoms with Crippen molar-refractivity contribution in [3.63, 3.8) is 0 Å². The Kier molecular flexibility index (Phi) is 7.00. The zero-order valence-corrected chi connectivity index (χ0v) is 17.5. The number of amides is 1. The third-order valence-electron chi connectivity index (χ3n) is 5.20. The van der Waals surface area contributed by atoms with Gasteiger partial charge in [0.1, 0.15) is 11.7 Å². The fourth-order valence-electron chi connectivity index (χ4n) is 3.72. The molecule has 1 aliphatic rings. The van der Waals surface area contributed by atoms with Gasteiger partial charge in [-0.25, -0.2) is 4.39 Å². The average Bonchev–Trinajstić information content (AvgIpc) is 2.98. The number of likely N-dealkylation sites (tertiary alicyclic amines) is 1. The van der Waals surface area contributed by atoms with E-state index in [-0.39, 0.29) is 24.3 Å². The van der Waals surface area contributed by atoms with Crippen LogP contribution in [0, 0.1) is 11.7 Å². The first kappa shape index (κ1) is 23.9. The van der Waals surface area contributed by atoms with Crippen LogP contribution >= 0.6 is 11.6 Å². The number of methoxy groups -OCH3 is 1. The third-order valence-corrected chi connectivity index (χ3v) is 5.46. The molecule has 2 atom stereocenters. The molecule has 1 saturated heterocycles. The quantitative estimate of drug-likeness (QED) is 0.196. The SMILES string of the molecule is COCCCN1C(=O)C(=O)C(C(=O)c2ccc(Cl)cc2)C1c1ccc(C(F)(F)F)c(F)c1. The summed E-state index contributed by atoms with van der Waals surface area (Å²) < 4.78 is 58.2. The number of Topliss-reactive ketones (excluding diaryl/α,β-unsaturated/α-hetero) is 2. The molecule has 10 heteroatoms. The van der Waals surface area contributed by atoms with Gasteiger partial charge in [-0.15, -0.1) is 0 Å². The number of nitrogens with zero attached hydrogens (tertiary/aromatic N) is 1. The number of carbonyl (C=O) groups is 3. The first-order valence-electron chi connectivity index (χ1n) is 9.56. The number of carbonyl (C=O) groups excluding carboxylic acids is 3. The van der Waals surface area contributed by atoms with Crippen LogP contribution in [0.3, 0.4) is 0 Å². The smallest absolute Gasteiger partial charge is 0.385 e. The van der Waals surface area contributed by atoms with Gasteiger partial charge in [-0.05, 0) is 48.4 Å². The minimum absolute atomic E-state index is 0.00385. The fourth-order valence-corrected chi connectivity index (χ4v) is 3.84. The summed E-state index contributed by atoms with van der Waals surface area (Å²) >= 11 is 5.83. The molecule has 1 aliphatic heterocycles. The number of hydrogen-bond acceptors (Lipinski definition) is 4. The Bertz CT molecular complexity index is 1040. The van der Waals surface area contributed by atoms with E-state index < -0.39 is 47.0 Å². The zero-order chi connectivity index (χ0) is 23.6. The van der Waals surface area contributed by atoms with Crippen molar-refractivity contribution in [2.45, 2.75) is 18.6 Å². The van der Waals surface area contributed by atoms with E-state index in [1.807, 2.05) is 0 Å². The maximum Gasteiger partial charge on any atom is 0.419 e. The topological polar surface area (TPSA) is 63.7 Å². The van der Waals surface area contributed by atoms with Crippen LogP contribution in [0.15, 0.2) is 42.5 Å². The molecule has 2 unspecified atom stereocenters. The zero-order valence-electron chi connectivity index (χ0n) is 16.8. The van der Waals surface area contributed by atoms with Gasteiger partial charge < -0.3 is 9.64 Å². The van der Waals surface area contributed by atoms with Gasteiger partial charge in [0.25, 0.3) is 5.91 Å². The van der Waals surface area contributed by atoms with Crippen LogP contribution in [0.5, 0.6) is 0 Å². The van der Waals surface area contributed by atoms with E-state index in [2.05, 4.69) is 0 Å². The number of ether oxygens (including phenoxy) is 1. The van der Waals surface area contributed by atoms with Crippen LogP contribution in [-0.2, 0) is 20.5 Å². The van der Waals surface area contributed by atoms with Gasteiger partial charge in [-0.1, -0.05) is 17.7 Å². The maximum absolute atomic E-state index is 14.3. The minimum atomic E-state index is -4.92. The highest BCUT2D eigenvalue weighted by Crippen LogP contribution is 2.40. The van der Waals surface area contributed by atoms with Crippen LogP contribution in [0.2, 0.25) is 5.02 Å². The number of ketones is 2. The first-order chi connectivity index (χ1) is 15.1. The van der Waals surface area contributed by atoms with Crippen LogP contribution in [-0.4, -0.2) is 42.6 Å². The van der Waals surface area contributed by atoms with Crippen LogP contribution in [0.1, 0.15) is 33.9 Å². The molecule has 0 saturated carbocycles. The van der Waals surface area contributed by atoms with Crippen molar-refractivity contribution in [1.82, 2.24) is 4.90 Å². The molecule has 2 aromatic carbocycles. The Morgan fingerprint density at radius 1 is 1.12 bits per heavy atom. The molecule has 0 bridgehead atoms. The van der Waals surface area contributed by atoms with E-state index in [1.165, 1.54) is 31.4 Å². The summed E-state index contributed by atoms with van der Waals surface area (Å²) in [6, 6.07) is 6.49. The van der Waals surface area contributed by atoms with Gasteiger partial charge >= 0.3 is 6.18 Å². The summed E-state index contributed by atoms with van der Waals surface area (Å²) in [4.78, 5) is 39.7. The second kappa shape index (κ2) is 9.38. The Morgan fingerprint density at radius 3 is 2.34 bits per heavy atom. The molecule has 32 heavy (non-hydrogen) atoms. The highest BCUT2D eigenvalue weighted by atomic mass is 35.5. The Labute approximate surface area is 185 Å². The number of rotatable bonds is 7. The highest BCUT2D eigenvalue weighted by molar-refractivity contribution is 6.44. The number of alkyl halides is 3. The van der Waals surface area contributed by atoms with E-state index in [9.17, 15) is 31.9 Å². The van der Waals surface area contributed by atoms with Gasteiger partial charge in [0.05, 0.1) is 11.6 Å². The van der Waals surface area contributed by atoms with E-state index in [1.54, 1.807) is 0 Å². The van der Waals surface area contributed by atoms with Crippen LogP contribution < -0.4 is 0 Å². The maximum atomic E-state index is 14.3. The van der Waals surface area contributed by atoms with Gasteiger partial charge in [0, 0.05) is 30.8 Å². The number of halogens is 5. The second-order valence-electron chi connectivity index (χ2n) is 7.24. The Balaban J connectivity index is 2.07. The molecule has 1 fully saturated rings. The van der Waals surface area contributed by atoms with Crippen molar-refractivity contribution in [1.29, 1.82) is 0 Å². The summed E-state index contributed by atoms with van der Waals surface area (Å²) in [5.74, 6) is -5.77. The molecule has 1 heterocycles. The van der Waals surface area contributed by atoms with Crippen molar-refractivity contribution in [2.75, 3.05) is 20.3 Å². The van der Waals surface area contributed by atoms with E-state index in [4.69, 9.17) is 16.3 Å². The largest absolute Gasteiger partial charge is 0.419 e. The van der Waals surface area contributed by atoms with Gasteiger partial charge in [-0.2, -0.15) is 13.2 Å². The molecule has 3 rings (SSSR count). The Morgan fingerprint density at radius 2 is 1.78 bits per heavy atom. The molecule has 0 spiro atoms. The van der Waals surface area contributed by atoms with Crippen molar-refractivity contribution in [3.05, 3.63) is 70.0 Å². The summed E-state index contributed by atoms with van der Waals surface area (Å²) in [6.07, 6.45) is -4.61. The van der Waals surface area contributed by atoms with E-state index in [0.29, 0.717) is 23.6 Å². The minimum Gasteiger partial charge on any atom is -0.385 e. The molecule has 0 aliphatic carbocycles. The van der Waals surface area contributed by atoms with E-state index in [0.717, 1.165) is 11.0 Å². The molecular formula is C22H18ClF4NO4. The third kappa shape index (κ3) is 4.68. The summed E-state index contributed by atoms with van der Waals surface area (Å²) in [5.41, 5.74) is -1.47. The Hall–Kier alpha value is -2.78. The lowest BCUT2D eigenvalue weighted by atomic mass is 9.86. The standard InChI is InChI=1S/C22H18ClF4NO4/c1-32-10-2-9-28-18(13-5-8-15(16(24)11-13)22(25,26)27)17(20(30)21(28)31)19(29)12-3-6-14(23)7-4-12/h3-8,11,17-18H,2,9-10H2,1H3. The molecule has 0 N–H and O–H groups in total. The monoisotopic (exact) mass is 471 g/mol. The van der Waals surface area contributed by atoms with Gasteiger partial charge in [-0.3, -0.25) is 14.4 Å². The lowest BCUT2D eigenvalue weighted by molar-refractivity contribution is -0.141. The lowest BCUT2D eigenvalue weighted by Crippen LogP contribution is -2.32. The molecular weight excluding hydrogens is 454 g/mol. The normalized spacial score (nSPS) is 19.0. The van der Waals surface area contributed by atoms with Gasteiger partial charge in [0.15, 0.2) is 5.78 Å². The van der Waals surface area contributed by atoms with Crippen molar-refractivity contribution < 1.29 is 36.7 Å². The van der Waals surface area contributed by atoms with Crippen molar-refractivity contribution >= 4 is 29.1 Å². The summed E-state index contributed by atoms with van der Waals surface area (Å²) in [6.45, 7) is 0.234. The number of benzene rings is 2. The number of hydrogen-bond donors (Lipinski definition) is 0. The molecule has 0 aromatic heterocycles. The molecule has 5 nitrogen and oxygen atoms in total. The lowest BCUT2D eigenvalue weighted by Gasteiger charge is -2.27. The van der Waals surface area contributed by atoms with Crippen molar-refractivity contribution in [2.24, 2.45) is 5.92 Å².